The van der Waals surface area contributed by atoms with Gasteiger partial charge >= 0.3 is 0 Å². The Balaban J connectivity index is 1.38. The van der Waals surface area contributed by atoms with Gasteiger partial charge in [0.05, 0.1) is 27.8 Å². The lowest BCUT2D eigenvalue weighted by Gasteiger charge is -2.14. The number of hydrogen-bond acceptors (Lipinski definition) is 2. The molecule has 4 nitrogen and oxygen atoms in total. The van der Waals surface area contributed by atoms with Crippen molar-refractivity contribution in [1.82, 2.24) is 19.1 Å². The second-order valence-corrected chi connectivity index (χ2v) is 11.1. The minimum atomic E-state index is 0.657. The summed E-state index contributed by atoms with van der Waals surface area (Å²) in [5, 5.41) is 4.59. The number of hydrogen-bond donors (Lipinski definition) is 0. The van der Waals surface area contributed by atoms with E-state index in [0.717, 1.165) is 50.0 Å². The minimum absolute atomic E-state index is 0.657. The van der Waals surface area contributed by atoms with Crippen molar-refractivity contribution in [3.05, 3.63) is 158 Å². The SMILES string of the molecule is c1ccc(-c2ccccc2-c2nc(-n3c4ccccc4c4c5c(ccc43)ccn5-c3ccccc3)nc3ccccc23)cc1. The van der Waals surface area contributed by atoms with Gasteiger partial charge in [-0.25, -0.2) is 9.97 Å². The van der Waals surface area contributed by atoms with Gasteiger partial charge in [-0.2, -0.15) is 0 Å². The van der Waals surface area contributed by atoms with E-state index in [4.69, 9.17) is 9.97 Å². The summed E-state index contributed by atoms with van der Waals surface area (Å²) >= 11 is 0. The van der Waals surface area contributed by atoms with Crippen LogP contribution in [0.15, 0.2) is 158 Å². The van der Waals surface area contributed by atoms with Gasteiger partial charge in [0, 0.05) is 39.0 Å². The van der Waals surface area contributed by atoms with Crippen molar-refractivity contribution >= 4 is 43.6 Å². The molecule has 3 aromatic heterocycles. The Morgan fingerprint density at radius 3 is 2.00 bits per heavy atom. The third-order valence-electron chi connectivity index (χ3n) is 8.58. The number of fused-ring (bicyclic) bond motifs is 6. The number of rotatable bonds is 4. The van der Waals surface area contributed by atoms with E-state index in [1.165, 1.54) is 21.7 Å². The minimum Gasteiger partial charge on any atom is -0.316 e. The van der Waals surface area contributed by atoms with E-state index in [1.807, 2.05) is 6.07 Å². The predicted molar refractivity (Wildman–Crippen MR) is 182 cm³/mol. The molecule has 0 saturated carbocycles. The van der Waals surface area contributed by atoms with Gasteiger partial charge in [-0.05, 0) is 47.5 Å². The molecule has 4 heteroatoms. The van der Waals surface area contributed by atoms with Crippen LogP contribution < -0.4 is 0 Å². The fourth-order valence-corrected chi connectivity index (χ4v) is 6.63. The summed E-state index contributed by atoms with van der Waals surface area (Å²) in [5.41, 5.74) is 9.69. The third kappa shape index (κ3) is 3.71. The average Bonchev–Trinajstić information content (AvgIpc) is 3.68. The molecule has 0 aliphatic rings. The first-order chi connectivity index (χ1) is 21.8. The van der Waals surface area contributed by atoms with Crippen LogP contribution in [-0.4, -0.2) is 19.1 Å². The van der Waals surface area contributed by atoms with Gasteiger partial charge in [-0.3, -0.25) is 4.57 Å². The standard InChI is InChI=1S/C40H26N4/c1-3-13-27(14-4-1)30-17-7-8-18-31(30)38-32-19-9-11-21-34(32)41-40(42-38)44-35-22-12-10-20-33(35)37-36(44)24-23-28-25-26-43(39(28)37)29-15-5-2-6-16-29/h1-26H. The Hall–Kier alpha value is -6.00. The van der Waals surface area contributed by atoms with E-state index < -0.39 is 0 Å². The van der Waals surface area contributed by atoms with Crippen LogP contribution in [0.3, 0.4) is 0 Å². The lowest BCUT2D eigenvalue weighted by Crippen LogP contribution is -2.04. The topological polar surface area (TPSA) is 35.6 Å². The molecule has 0 saturated heterocycles. The van der Waals surface area contributed by atoms with Gasteiger partial charge in [-0.15, -0.1) is 0 Å². The molecule has 6 aromatic carbocycles. The van der Waals surface area contributed by atoms with Crippen LogP contribution in [0.4, 0.5) is 0 Å². The Morgan fingerprint density at radius 2 is 1.16 bits per heavy atom. The van der Waals surface area contributed by atoms with Crippen molar-refractivity contribution < 1.29 is 0 Å². The molecule has 0 spiro atoms. The van der Waals surface area contributed by atoms with E-state index >= 15 is 0 Å². The highest BCUT2D eigenvalue weighted by Gasteiger charge is 2.21. The van der Waals surface area contributed by atoms with Gasteiger partial charge in [0.1, 0.15) is 0 Å². The van der Waals surface area contributed by atoms with Crippen molar-refractivity contribution in [3.8, 4) is 34.0 Å². The third-order valence-corrected chi connectivity index (χ3v) is 8.58. The van der Waals surface area contributed by atoms with Crippen LogP contribution in [0.25, 0.3) is 77.6 Å². The molecule has 206 valence electrons. The maximum absolute atomic E-state index is 5.39. The zero-order chi connectivity index (χ0) is 29.0. The van der Waals surface area contributed by atoms with Crippen LogP contribution in [0.1, 0.15) is 0 Å². The van der Waals surface area contributed by atoms with Gasteiger partial charge in [-0.1, -0.05) is 115 Å². The summed E-state index contributed by atoms with van der Waals surface area (Å²) in [6.45, 7) is 0. The van der Waals surface area contributed by atoms with E-state index in [2.05, 4.69) is 161 Å². The van der Waals surface area contributed by atoms with Gasteiger partial charge in [0.15, 0.2) is 0 Å². The maximum Gasteiger partial charge on any atom is 0.235 e. The molecule has 9 aromatic rings. The predicted octanol–water partition coefficient (Wildman–Crippen LogP) is 10.0. The van der Waals surface area contributed by atoms with Crippen LogP contribution >= 0.6 is 0 Å². The van der Waals surface area contributed by atoms with Crippen molar-refractivity contribution in [3.63, 3.8) is 0 Å². The quantitative estimate of drug-likeness (QED) is 0.214. The molecule has 44 heavy (non-hydrogen) atoms. The number of aromatic nitrogens is 4. The number of para-hydroxylation sites is 3. The molecule has 0 N–H and O–H groups in total. The molecule has 0 aliphatic carbocycles. The fraction of sp³-hybridized carbons (Fsp3) is 0. The van der Waals surface area contributed by atoms with Crippen molar-refractivity contribution in [1.29, 1.82) is 0 Å². The molecular weight excluding hydrogens is 536 g/mol. The Kier molecular flexibility index (Phi) is 5.47. The molecule has 0 radical (unpaired) electrons. The average molecular weight is 563 g/mol. The van der Waals surface area contributed by atoms with Crippen LogP contribution in [-0.2, 0) is 0 Å². The van der Waals surface area contributed by atoms with E-state index in [-0.39, 0.29) is 0 Å². The van der Waals surface area contributed by atoms with E-state index in [1.54, 1.807) is 0 Å². The summed E-state index contributed by atoms with van der Waals surface area (Å²) in [5.74, 6) is 0.657. The summed E-state index contributed by atoms with van der Waals surface area (Å²) in [6, 6.07) is 53.1. The van der Waals surface area contributed by atoms with Crippen LogP contribution in [0.5, 0.6) is 0 Å². The maximum atomic E-state index is 5.39. The highest BCUT2D eigenvalue weighted by molar-refractivity contribution is 6.20. The molecule has 0 aliphatic heterocycles. The molecule has 0 bridgehead atoms. The van der Waals surface area contributed by atoms with Crippen molar-refractivity contribution in [2.75, 3.05) is 0 Å². The molecule has 0 fully saturated rings. The summed E-state index contributed by atoms with van der Waals surface area (Å²) in [6.07, 6.45) is 2.16. The molecule has 9 rings (SSSR count). The van der Waals surface area contributed by atoms with E-state index in [9.17, 15) is 0 Å². The molecule has 3 heterocycles. The second-order valence-electron chi connectivity index (χ2n) is 11.1. The van der Waals surface area contributed by atoms with Gasteiger partial charge in [0.25, 0.3) is 0 Å². The molecule has 0 unspecified atom stereocenters. The normalized spacial score (nSPS) is 11.6. The highest BCUT2D eigenvalue weighted by atomic mass is 15.2. The first-order valence-corrected chi connectivity index (χ1v) is 14.9. The molecular formula is C40H26N4. The first kappa shape index (κ1) is 24.6. The molecule has 0 atom stereocenters. The smallest absolute Gasteiger partial charge is 0.235 e. The second kappa shape index (κ2) is 9.79. The Labute approximate surface area is 254 Å². The number of benzene rings is 6. The van der Waals surface area contributed by atoms with Crippen molar-refractivity contribution in [2.24, 2.45) is 0 Å². The fourth-order valence-electron chi connectivity index (χ4n) is 6.63. The monoisotopic (exact) mass is 562 g/mol. The summed E-state index contributed by atoms with van der Waals surface area (Å²) in [7, 11) is 0. The first-order valence-electron chi connectivity index (χ1n) is 14.9. The molecule has 0 amide bonds. The van der Waals surface area contributed by atoms with Gasteiger partial charge < -0.3 is 4.57 Å². The zero-order valence-corrected chi connectivity index (χ0v) is 23.8. The lowest BCUT2D eigenvalue weighted by atomic mass is 9.96. The Bertz CT molecular complexity index is 2490. The van der Waals surface area contributed by atoms with Crippen LogP contribution in [0.2, 0.25) is 0 Å². The van der Waals surface area contributed by atoms with Gasteiger partial charge in [0.2, 0.25) is 5.95 Å². The lowest BCUT2D eigenvalue weighted by molar-refractivity contribution is 1.01. The summed E-state index contributed by atoms with van der Waals surface area (Å²) < 4.78 is 4.52. The summed E-state index contributed by atoms with van der Waals surface area (Å²) in [4.78, 5) is 10.6. The van der Waals surface area contributed by atoms with Crippen LogP contribution in [0, 0.1) is 0 Å². The highest BCUT2D eigenvalue weighted by Crippen LogP contribution is 2.39. The Morgan fingerprint density at radius 1 is 0.477 bits per heavy atom. The number of nitrogens with zero attached hydrogens (tertiary/aromatic N) is 4. The van der Waals surface area contributed by atoms with E-state index in [0.29, 0.717) is 5.95 Å². The zero-order valence-electron chi connectivity index (χ0n) is 23.8. The van der Waals surface area contributed by atoms with Crippen molar-refractivity contribution in [2.45, 2.75) is 0 Å². The largest absolute Gasteiger partial charge is 0.316 e.